The number of carboxylic acids is 1. The van der Waals surface area contributed by atoms with E-state index in [0.29, 0.717) is 23.7 Å². The van der Waals surface area contributed by atoms with Crippen LogP contribution in [0.25, 0.3) is 5.69 Å². The van der Waals surface area contributed by atoms with Crippen LogP contribution in [0.1, 0.15) is 23.8 Å². The molecule has 0 saturated carbocycles. The lowest BCUT2D eigenvalue weighted by atomic mass is 9.90. The SMILES string of the molecule is CC1CC(C(=O)O)CN(C(=O)c2cn(-c3cccc(Cl)c3)nn2)C1. The zero-order chi connectivity index (χ0) is 17.3. The van der Waals surface area contributed by atoms with Crippen molar-refractivity contribution in [1.29, 1.82) is 0 Å². The van der Waals surface area contributed by atoms with Crippen molar-refractivity contribution in [2.75, 3.05) is 13.1 Å². The molecule has 8 heteroatoms. The van der Waals surface area contributed by atoms with E-state index in [1.54, 1.807) is 29.2 Å². The first-order valence-electron chi connectivity index (χ1n) is 7.64. The summed E-state index contributed by atoms with van der Waals surface area (Å²) < 4.78 is 1.47. The topological polar surface area (TPSA) is 88.3 Å². The van der Waals surface area contributed by atoms with Crippen molar-refractivity contribution in [3.63, 3.8) is 0 Å². The van der Waals surface area contributed by atoms with Crippen molar-refractivity contribution in [1.82, 2.24) is 19.9 Å². The smallest absolute Gasteiger partial charge is 0.308 e. The molecule has 0 bridgehead atoms. The standard InChI is InChI=1S/C16H17ClN4O3/c1-10-5-11(16(23)24)8-20(7-10)15(22)14-9-21(19-18-14)13-4-2-3-12(17)6-13/h2-4,6,9-11H,5,7-8H2,1H3,(H,23,24). The van der Waals surface area contributed by atoms with Crippen LogP contribution in [0.4, 0.5) is 0 Å². The number of carbonyl (C=O) groups excluding carboxylic acids is 1. The number of aromatic nitrogens is 3. The normalized spacial score (nSPS) is 20.8. The second kappa shape index (κ2) is 6.60. The number of carboxylic acid groups (broad SMARTS) is 1. The average Bonchev–Trinajstić information content (AvgIpc) is 3.03. The van der Waals surface area contributed by atoms with Gasteiger partial charge in [0.15, 0.2) is 5.69 Å². The zero-order valence-corrected chi connectivity index (χ0v) is 13.8. The van der Waals surface area contributed by atoms with E-state index in [0.717, 1.165) is 0 Å². The number of piperidine rings is 1. The minimum Gasteiger partial charge on any atom is -0.481 e. The van der Waals surface area contributed by atoms with Crippen LogP contribution in [-0.4, -0.2) is 50.0 Å². The highest BCUT2D eigenvalue weighted by Crippen LogP contribution is 2.23. The number of hydrogen-bond donors (Lipinski definition) is 1. The van der Waals surface area contributed by atoms with E-state index in [2.05, 4.69) is 10.3 Å². The molecule has 24 heavy (non-hydrogen) atoms. The van der Waals surface area contributed by atoms with Crippen molar-refractivity contribution in [2.45, 2.75) is 13.3 Å². The van der Waals surface area contributed by atoms with Gasteiger partial charge in [0.25, 0.3) is 5.91 Å². The lowest BCUT2D eigenvalue weighted by Gasteiger charge is -2.34. The fraction of sp³-hybridized carbons (Fsp3) is 0.375. The minimum atomic E-state index is -0.873. The molecule has 126 valence electrons. The predicted molar refractivity (Wildman–Crippen MR) is 87.2 cm³/mol. The van der Waals surface area contributed by atoms with E-state index in [4.69, 9.17) is 11.6 Å². The molecule has 1 aliphatic heterocycles. The monoisotopic (exact) mass is 348 g/mol. The van der Waals surface area contributed by atoms with Gasteiger partial charge in [-0.1, -0.05) is 29.8 Å². The molecule has 1 amide bonds. The largest absolute Gasteiger partial charge is 0.481 e. The Bertz CT molecular complexity index is 776. The highest BCUT2D eigenvalue weighted by molar-refractivity contribution is 6.30. The van der Waals surface area contributed by atoms with Crippen LogP contribution in [0, 0.1) is 11.8 Å². The molecule has 2 unspecified atom stereocenters. The summed E-state index contributed by atoms with van der Waals surface area (Å²) >= 11 is 5.96. The van der Waals surface area contributed by atoms with Crippen LogP contribution in [0.3, 0.4) is 0 Å². The maximum Gasteiger partial charge on any atom is 0.308 e. The number of likely N-dealkylation sites (tertiary alicyclic amines) is 1. The summed E-state index contributed by atoms with van der Waals surface area (Å²) in [6.45, 7) is 2.66. The van der Waals surface area contributed by atoms with Gasteiger partial charge in [0, 0.05) is 18.1 Å². The molecule has 2 heterocycles. The molecule has 0 spiro atoms. The maximum absolute atomic E-state index is 12.6. The summed E-state index contributed by atoms with van der Waals surface area (Å²) in [6.07, 6.45) is 2.11. The highest BCUT2D eigenvalue weighted by atomic mass is 35.5. The third-order valence-electron chi connectivity index (χ3n) is 4.08. The number of carbonyl (C=O) groups is 2. The molecule has 1 N–H and O–H groups in total. The number of halogens is 1. The molecular formula is C16H17ClN4O3. The molecule has 1 saturated heterocycles. The first-order chi connectivity index (χ1) is 11.4. The number of aliphatic carboxylic acids is 1. The third-order valence-corrected chi connectivity index (χ3v) is 4.32. The van der Waals surface area contributed by atoms with E-state index < -0.39 is 11.9 Å². The summed E-state index contributed by atoms with van der Waals surface area (Å²) in [7, 11) is 0. The first kappa shape index (κ1) is 16.4. The van der Waals surface area contributed by atoms with Crippen LogP contribution in [0.5, 0.6) is 0 Å². The van der Waals surface area contributed by atoms with E-state index in [-0.39, 0.29) is 24.1 Å². The molecule has 0 aliphatic carbocycles. The minimum absolute atomic E-state index is 0.131. The van der Waals surface area contributed by atoms with Gasteiger partial charge in [0.05, 0.1) is 17.8 Å². The van der Waals surface area contributed by atoms with Gasteiger partial charge in [-0.05, 0) is 30.5 Å². The van der Waals surface area contributed by atoms with Crippen LogP contribution >= 0.6 is 11.6 Å². The lowest BCUT2D eigenvalue weighted by Crippen LogP contribution is -2.45. The van der Waals surface area contributed by atoms with Gasteiger partial charge in [-0.2, -0.15) is 0 Å². The van der Waals surface area contributed by atoms with E-state index in [1.807, 2.05) is 6.92 Å². The summed E-state index contributed by atoms with van der Waals surface area (Å²) in [5.41, 5.74) is 0.887. The van der Waals surface area contributed by atoms with Crippen LogP contribution in [0.15, 0.2) is 30.5 Å². The Morgan fingerprint density at radius 3 is 2.83 bits per heavy atom. The van der Waals surface area contributed by atoms with E-state index in [1.165, 1.54) is 10.9 Å². The molecule has 7 nitrogen and oxygen atoms in total. The lowest BCUT2D eigenvalue weighted by molar-refractivity contribution is -0.143. The highest BCUT2D eigenvalue weighted by Gasteiger charge is 2.33. The maximum atomic E-state index is 12.6. The first-order valence-corrected chi connectivity index (χ1v) is 8.02. The Hall–Kier alpha value is -2.41. The fourth-order valence-electron chi connectivity index (χ4n) is 2.96. The quantitative estimate of drug-likeness (QED) is 0.917. The molecule has 1 aromatic heterocycles. The second-order valence-electron chi connectivity index (χ2n) is 6.11. The third kappa shape index (κ3) is 3.41. The van der Waals surface area contributed by atoms with E-state index in [9.17, 15) is 14.7 Å². The summed E-state index contributed by atoms with van der Waals surface area (Å²) in [5, 5.41) is 17.7. The number of hydrogen-bond acceptors (Lipinski definition) is 4. The van der Waals surface area contributed by atoms with Crippen molar-refractivity contribution < 1.29 is 14.7 Å². The summed E-state index contributed by atoms with van der Waals surface area (Å²) in [5.74, 6) is -1.59. The van der Waals surface area contributed by atoms with Gasteiger partial charge in [-0.25, -0.2) is 4.68 Å². The molecule has 1 aliphatic rings. The van der Waals surface area contributed by atoms with Crippen molar-refractivity contribution in [3.05, 3.63) is 41.2 Å². The van der Waals surface area contributed by atoms with Crippen molar-refractivity contribution >= 4 is 23.5 Å². The average molecular weight is 349 g/mol. The number of amides is 1. The Balaban J connectivity index is 1.79. The van der Waals surface area contributed by atoms with Gasteiger partial charge in [-0.15, -0.1) is 5.10 Å². The van der Waals surface area contributed by atoms with E-state index >= 15 is 0 Å². The van der Waals surface area contributed by atoms with Gasteiger partial charge in [-0.3, -0.25) is 9.59 Å². The van der Waals surface area contributed by atoms with Gasteiger partial charge >= 0.3 is 5.97 Å². The number of rotatable bonds is 3. The van der Waals surface area contributed by atoms with Gasteiger partial charge in [0.2, 0.25) is 0 Å². The Morgan fingerprint density at radius 1 is 1.33 bits per heavy atom. The number of benzene rings is 1. The van der Waals surface area contributed by atoms with Crippen LogP contribution < -0.4 is 0 Å². The Labute approximate surface area is 143 Å². The van der Waals surface area contributed by atoms with Gasteiger partial charge in [0.1, 0.15) is 0 Å². The van der Waals surface area contributed by atoms with Crippen molar-refractivity contribution in [3.8, 4) is 5.69 Å². The van der Waals surface area contributed by atoms with Crippen molar-refractivity contribution in [2.24, 2.45) is 11.8 Å². The summed E-state index contributed by atoms with van der Waals surface area (Å²) in [6, 6.07) is 7.05. The Morgan fingerprint density at radius 2 is 2.12 bits per heavy atom. The molecule has 1 fully saturated rings. The number of nitrogens with zero attached hydrogens (tertiary/aromatic N) is 4. The molecule has 2 atom stereocenters. The second-order valence-corrected chi connectivity index (χ2v) is 6.55. The molecule has 2 aromatic rings. The fourth-order valence-corrected chi connectivity index (χ4v) is 3.15. The Kier molecular flexibility index (Phi) is 4.53. The summed E-state index contributed by atoms with van der Waals surface area (Å²) in [4.78, 5) is 25.4. The van der Waals surface area contributed by atoms with Gasteiger partial charge < -0.3 is 10.0 Å². The zero-order valence-electron chi connectivity index (χ0n) is 13.1. The molecule has 3 rings (SSSR count). The molecular weight excluding hydrogens is 332 g/mol. The van der Waals surface area contributed by atoms with Crippen LogP contribution in [0.2, 0.25) is 5.02 Å². The van der Waals surface area contributed by atoms with Crippen LogP contribution in [-0.2, 0) is 4.79 Å². The molecule has 1 aromatic carbocycles. The molecule has 0 radical (unpaired) electrons. The predicted octanol–water partition coefficient (Wildman–Crippen LogP) is 2.10.